The van der Waals surface area contributed by atoms with E-state index < -0.39 is 16.1 Å². The molecule has 0 atom stereocenters. The van der Waals surface area contributed by atoms with E-state index in [1.54, 1.807) is 0 Å². The molecule has 0 saturated heterocycles. The van der Waals surface area contributed by atoms with Crippen LogP contribution < -0.4 is 30.5 Å². The van der Waals surface area contributed by atoms with Gasteiger partial charge in [0.1, 0.15) is 27.3 Å². The molecule has 4 nitrogen and oxygen atoms in total. The predicted octanol–water partition coefficient (Wildman–Crippen LogP) is 16.5. The molecule has 72 heavy (non-hydrogen) atoms. The van der Waals surface area contributed by atoms with Crippen LogP contribution in [0.2, 0.25) is 26.2 Å². The van der Waals surface area contributed by atoms with E-state index >= 15 is 0 Å². The summed E-state index contributed by atoms with van der Waals surface area (Å²) in [4.78, 5) is 4.98. The van der Waals surface area contributed by atoms with E-state index in [0.717, 1.165) is 56.5 Å². The fourth-order valence-corrected chi connectivity index (χ4v) is 19.1. The fraction of sp³-hybridized carbons (Fsp3) is 0.182. The predicted molar refractivity (Wildman–Crippen MR) is 313 cm³/mol. The lowest BCUT2D eigenvalue weighted by molar-refractivity contribution is 0.669. The van der Waals surface area contributed by atoms with Gasteiger partial charge in [0.15, 0.2) is 11.2 Å². The quantitative estimate of drug-likeness (QED) is 0.155. The van der Waals surface area contributed by atoms with Gasteiger partial charge >= 0.3 is 0 Å². The molecule has 0 N–H and O–H groups in total. The minimum atomic E-state index is -2.42. The van der Waals surface area contributed by atoms with Crippen LogP contribution in [0.25, 0.3) is 66.1 Å². The number of benzene rings is 9. The van der Waals surface area contributed by atoms with Gasteiger partial charge < -0.3 is 18.6 Å². The molecule has 4 heterocycles. The van der Waals surface area contributed by atoms with Crippen molar-refractivity contribution in [2.75, 3.05) is 9.80 Å². The van der Waals surface area contributed by atoms with Crippen molar-refractivity contribution in [1.29, 1.82) is 0 Å². The molecule has 2 aliphatic heterocycles. The topological polar surface area (TPSA) is 32.8 Å². The molecule has 11 aromatic rings. The van der Waals surface area contributed by atoms with Crippen molar-refractivity contribution >= 4 is 115 Å². The van der Waals surface area contributed by atoms with Gasteiger partial charge in [0.2, 0.25) is 0 Å². The second kappa shape index (κ2) is 15.6. The molecule has 354 valence electrons. The van der Waals surface area contributed by atoms with Gasteiger partial charge in [-0.1, -0.05) is 146 Å². The Labute approximate surface area is 425 Å². The Bertz CT molecular complexity index is 3800. The number of furan rings is 2. The molecule has 0 aliphatic carbocycles. The number of fused-ring (bicyclic) bond motifs is 14. The first kappa shape index (κ1) is 44.5. The normalized spacial score (nSPS) is 14.1. The van der Waals surface area contributed by atoms with Crippen molar-refractivity contribution < 1.29 is 8.83 Å². The summed E-state index contributed by atoms with van der Waals surface area (Å²) in [5, 5.41) is 10.7. The van der Waals surface area contributed by atoms with Gasteiger partial charge in [-0.2, -0.15) is 0 Å². The maximum Gasteiger partial charge on any atom is 0.160 e. The van der Waals surface area contributed by atoms with E-state index in [1.165, 1.54) is 109 Å². The van der Waals surface area contributed by atoms with E-state index in [4.69, 9.17) is 8.83 Å². The van der Waals surface area contributed by atoms with Crippen LogP contribution >= 0.6 is 0 Å². The van der Waals surface area contributed by atoms with Crippen molar-refractivity contribution in [2.24, 2.45) is 0 Å². The highest BCUT2D eigenvalue weighted by molar-refractivity contribution is 7.06. The Kier molecular flexibility index (Phi) is 9.63. The van der Waals surface area contributed by atoms with Crippen LogP contribution in [-0.4, -0.2) is 16.1 Å². The van der Waals surface area contributed by atoms with Gasteiger partial charge in [-0.05, 0) is 169 Å². The number of anilines is 6. The average Bonchev–Trinajstić information content (AvgIpc) is 4.04. The number of hydrogen-bond acceptors (Lipinski definition) is 4. The Balaban J connectivity index is 1.10. The van der Waals surface area contributed by atoms with Crippen LogP contribution in [0.15, 0.2) is 154 Å². The third-order valence-electron chi connectivity index (χ3n) is 16.5. The highest BCUT2D eigenvalue weighted by Gasteiger charge is 2.47. The maximum absolute atomic E-state index is 7.21. The van der Waals surface area contributed by atoms with Crippen molar-refractivity contribution in [3.05, 3.63) is 190 Å². The monoisotopic (exact) mass is 968 g/mol. The van der Waals surface area contributed by atoms with Crippen LogP contribution in [0.5, 0.6) is 0 Å². The summed E-state index contributed by atoms with van der Waals surface area (Å²) < 4.78 is 14.4. The SMILES string of the molecule is Cc1ccc(N(c2ccc(C)cc2C)c2cc3c(c4c2oc2ccccc24)-c2cc4c(cc2[Si]3(C)C)-c2c(cc(N(c3ccc(C)cc3C)c3ccc(C)cc3C)c3oc5ccccc5c23)[Si]4(C)C)c(C)c1. The van der Waals surface area contributed by atoms with Crippen molar-refractivity contribution in [3.63, 3.8) is 0 Å². The Hall–Kier alpha value is -7.39. The second-order valence-electron chi connectivity index (χ2n) is 22.3. The molecule has 2 aliphatic rings. The van der Waals surface area contributed by atoms with Crippen molar-refractivity contribution in [3.8, 4) is 22.3 Å². The first-order chi connectivity index (χ1) is 34.5. The summed E-state index contributed by atoms with van der Waals surface area (Å²) in [6, 6.07) is 55.2. The van der Waals surface area contributed by atoms with Crippen molar-refractivity contribution in [2.45, 2.75) is 81.6 Å². The van der Waals surface area contributed by atoms with Crippen LogP contribution in [-0.2, 0) is 0 Å². The summed E-state index contributed by atoms with van der Waals surface area (Å²) in [6.45, 7) is 28.0. The summed E-state index contributed by atoms with van der Waals surface area (Å²) in [5.74, 6) is 0. The molecule has 2 aromatic heterocycles. The molecule has 0 fully saturated rings. The van der Waals surface area contributed by atoms with E-state index in [2.05, 4.69) is 237 Å². The van der Waals surface area contributed by atoms with Gasteiger partial charge in [-0.25, -0.2) is 0 Å². The Morgan fingerprint density at radius 1 is 0.333 bits per heavy atom. The molecule has 6 heteroatoms. The lowest BCUT2D eigenvalue weighted by Crippen LogP contribution is -2.51. The average molecular weight is 969 g/mol. The number of para-hydroxylation sites is 2. The number of aryl methyl sites for hydroxylation is 8. The summed E-state index contributed by atoms with van der Waals surface area (Å²) in [5.41, 5.74) is 25.9. The largest absolute Gasteiger partial charge is 0.454 e. The zero-order valence-electron chi connectivity index (χ0n) is 43.6. The molecular formula is C66H60N2O2Si2. The number of nitrogens with zero attached hydrogens (tertiary/aromatic N) is 2. The minimum Gasteiger partial charge on any atom is -0.454 e. The Morgan fingerprint density at radius 3 is 0.972 bits per heavy atom. The minimum absolute atomic E-state index is 0.915. The number of hydrogen-bond donors (Lipinski definition) is 0. The molecule has 0 radical (unpaired) electrons. The van der Waals surface area contributed by atoms with Crippen LogP contribution in [0.4, 0.5) is 34.1 Å². The Morgan fingerprint density at radius 2 is 0.653 bits per heavy atom. The summed E-state index contributed by atoms with van der Waals surface area (Å²) in [6.07, 6.45) is 0. The molecule has 9 aromatic carbocycles. The van der Waals surface area contributed by atoms with Crippen LogP contribution in [0, 0.1) is 55.4 Å². The van der Waals surface area contributed by atoms with Gasteiger partial charge in [-0.3, -0.25) is 0 Å². The number of rotatable bonds is 6. The molecule has 0 saturated carbocycles. The molecule has 0 unspecified atom stereocenters. The molecule has 0 spiro atoms. The third-order valence-corrected chi connectivity index (χ3v) is 23.5. The zero-order valence-corrected chi connectivity index (χ0v) is 45.6. The van der Waals surface area contributed by atoms with E-state index in [-0.39, 0.29) is 0 Å². The lowest BCUT2D eigenvalue weighted by atomic mass is 9.94. The molecule has 0 bridgehead atoms. The van der Waals surface area contributed by atoms with Gasteiger partial charge in [-0.15, -0.1) is 0 Å². The first-order valence-electron chi connectivity index (χ1n) is 25.6. The molecule has 13 rings (SSSR count). The maximum atomic E-state index is 7.21. The van der Waals surface area contributed by atoms with Gasteiger partial charge in [0, 0.05) is 44.3 Å². The van der Waals surface area contributed by atoms with E-state index in [1.807, 2.05) is 0 Å². The first-order valence-corrected chi connectivity index (χ1v) is 31.6. The summed E-state index contributed by atoms with van der Waals surface area (Å²) >= 11 is 0. The smallest absolute Gasteiger partial charge is 0.160 e. The van der Waals surface area contributed by atoms with Crippen LogP contribution in [0.1, 0.15) is 44.5 Å². The second-order valence-corrected chi connectivity index (χ2v) is 30.9. The standard InChI is InChI=1S/C66H60N2O2Si2/c1-37-21-25-49(41(5)29-37)67(50-26-22-38(2)30-42(50)6)53-35-59-61(63-45-17-13-15-19-55(45)69-65(53)63)47-33-58-48(34-57(47)71(59,9)10)62-60(72(58,11)12)36-54(66-64(62)46-18-14-16-20-56(46)70-66)68(51-27-23-39(3)31-43(51)7)52-28-24-40(4)32-44(52)8/h13-36H,1-12H3. The lowest BCUT2D eigenvalue weighted by Gasteiger charge is -2.30. The fourth-order valence-electron chi connectivity index (χ4n) is 13.0. The highest BCUT2D eigenvalue weighted by Crippen LogP contribution is 2.52. The van der Waals surface area contributed by atoms with Crippen LogP contribution in [0.3, 0.4) is 0 Å². The zero-order chi connectivity index (χ0) is 49.9. The van der Waals surface area contributed by atoms with Gasteiger partial charge in [0.05, 0.1) is 11.4 Å². The molecular weight excluding hydrogens is 909 g/mol. The van der Waals surface area contributed by atoms with E-state index in [0.29, 0.717) is 0 Å². The highest BCUT2D eigenvalue weighted by atomic mass is 28.3. The van der Waals surface area contributed by atoms with E-state index in [9.17, 15) is 0 Å². The third kappa shape index (κ3) is 6.28. The molecule has 0 amide bonds. The van der Waals surface area contributed by atoms with Gasteiger partial charge in [0.25, 0.3) is 0 Å². The summed E-state index contributed by atoms with van der Waals surface area (Å²) in [7, 11) is -4.85. The van der Waals surface area contributed by atoms with Crippen molar-refractivity contribution in [1.82, 2.24) is 0 Å².